The van der Waals surface area contributed by atoms with Crippen LogP contribution >= 0.6 is 0 Å². The van der Waals surface area contributed by atoms with Crippen molar-refractivity contribution in [2.75, 3.05) is 5.32 Å². The van der Waals surface area contributed by atoms with E-state index in [0.29, 0.717) is 6.07 Å². The van der Waals surface area contributed by atoms with E-state index in [1.165, 1.54) is 13.0 Å². The summed E-state index contributed by atoms with van der Waals surface area (Å²) in [6.45, 7) is 1.25. The monoisotopic (exact) mass is 365 g/mol. The number of Topliss-reactive ketones (excluding diaryl/α,β-unsaturated/α-hetero) is 2. The van der Waals surface area contributed by atoms with Crippen LogP contribution in [0.25, 0.3) is 0 Å². The van der Waals surface area contributed by atoms with Crippen LogP contribution in [0.4, 0.5) is 40.8 Å². The van der Waals surface area contributed by atoms with Gasteiger partial charge in [-0.25, -0.2) is 8.78 Å². The molecule has 0 fully saturated rings. The highest BCUT2D eigenvalue weighted by Gasteiger charge is 2.54. The Hall–Kier alpha value is -2.53. The molecule has 134 valence electrons. The average Bonchev–Trinajstić information content (AvgIpc) is 2.38. The van der Waals surface area contributed by atoms with Crippen molar-refractivity contribution >= 4 is 23.2 Å². The van der Waals surface area contributed by atoms with Crippen LogP contribution in [0.2, 0.25) is 0 Å². The number of amides is 1. The molecule has 0 heterocycles. The molecular formula is C12H7F8NO3. The summed E-state index contributed by atoms with van der Waals surface area (Å²) in [5.74, 6) is -8.64. The molecule has 0 aliphatic carbocycles. The molecule has 1 aromatic rings. The third kappa shape index (κ3) is 7.15. The molecule has 0 saturated heterocycles. The van der Waals surface area contributed by atoms with Crippen molar-refractivity contribution in [1.29, 1.82) is 0 Å². The summed E-state index contributed by atoms with van der Waals surface area (Å²) < 4.78 is 92.0. The summed E-state index contributed by atoms with van der Waals surface area (Å²) >= 11 is 0. The van der Waals surface area contributed by atoms with Gasteiger partial charge in [0.15, 0.2) is 0 Å². The third-order valence-electron chi connectivity index (χ3n) is 1.96. The number of hydrogen-bond donors (Lipinski definition) is 1. The predicted molar refractivity (Wildman–Crippen MR) is 62.8 cm³/mol. The van der Waals surface area contributed by atoms with Crippen molar-refractivity contribution < 1.29 is 49.5 Å². The molecule has 1 rings (SSSR count). The standard InChI is InChI=1S/C8H7F2NO.C4F6O2/c1-5(12)11-8-3-2-6(9)4-7(8)10;5-3(6,7)1(11)2(12)4(8,9)10/h2-4H,1H3,(H,11,12);. The zero-order chi connectivity index (χ0) is 19.3. The van der Waals surface area contributed by atoms with E-state index in [1.807, 2.05) is 0 Å². The second-order valence-electron chi connectivity index (χ2n) is 3.96. The van der Waals surface area contributed by atoms with Crippen molar-refractivity contribution in [3.63, 3.8) is 0 Å². The maximum absolute atomic E-state index is 12.8. The van der Waals surface area contributed by atoms with Gasteiger partial charge in [0.2, 0.25) is 5.91 Å². The number of benzene rings is 1. The highest BCUT2D eigenvalue weighted by molar-refractivity contribution is 6.41. The maximum atomic E-state index is 12.8. The first kappa shape index (κ1) is 21.5. The topological polar surface area (TPSA) is 63.2 Å². The summed E-state index contributed by atoms with van der Waals surface area (Å²) in [4.78, 5) is 29.7. The van der Waals surface area contributed by atoms with Crippen LogP contribution in [0.15, 0.2) is 18.2 Å². The molecule has 0 saturated carbocycles. The van der Waals surface area contributed by atoms with E-state index in [9.17, 15) is 49.5 Å². The van der Waals surface area contributed by atoms with E-state index < -0.39 is 35.6 Å². The van der Waals surface area contributed by atoms with E-state index in [0.717, 1.165) is 6.07 Å². The average molecular weight is 365 g/mol. The Labute approximate surface area is 128 Å². The lowest BCUT2D eigenvalue weighted by Crippen LogP contribution is -2.39. The first-order chi connectivity index (χ1) is 10.7. The van der Waals surface area contributed by atoms with Gasteiger partial charge < -0.3 is 5.32 Å². The van der Waals surface area contributed by atoms with Gasteiger partial charge in [0.25, 0.3) is 0 Å². The van der Waals surface area contributed by atoms with Gasteiger partial charge in [-0.15, -0.1) is 0 Å². The largest absolute Gasteiger partial charge is 0.458 e. The van der Waals surface area contributed by atoms with Crippen molar-refractivity contribution in [2.45, 2.75) is 19.3 Å². The van der Waals surface area contributed by atoms with Gasteiger partial charge in [-0.1, -0.05) is 0 Å². The fourth-order valence-electron chi connectivity index (χ4n) is 1.04. The van der Waals surface area contributed by atoms with Gasteiger partial charge in [-0.05, 0) is 12.1 Å². The first-order valence-electron chi connectivity index (χ1n) is 5.61. The Morgan fingerprint density at radius 3 is 1.58 bits per heavy atom. The van der Waals surface area contributed by atoms with Crippen molar-refractivity contribution in [3.8, 4) is 0 Å². The number of rotatable bonds is 2. The number of nitrogens with one attached hydrogen (secondary N) is 1. The smallest absolute Gasteiger partial charge is 0.324 e. The Morgan fingerprint density at radius 1 is 0.875 bits per heavy atom. The molecule has 0 spiro atoms. The van der Waals surface area contributed by atoms with E-state index in [-0.39, 0.29) is 11.6 Å². The number of carbonyl (C=O) groups is 3. The van der Waals surface area contributed by atoms with Crippen LogP contribution in [0.1, 0.15) is 6.92 Å². The van der Waals surface area contributed by atoms with Gasteiger partial charge >= 0.3 is 23.9 Å². The molecule has 0 aliphatic heterocycles. The van der Waals surface area contributed by atoms with Crippen molar-refractivity contribution in [2.24, 2.45) is 0 Å². The fourth-order valence-corrected chi connectivity index (χ4v) is 1.04. The minimum Gasteiger partial charge on any atom is -0.324 e. The van der Waals surface area contributed by atoms with Crippen molar-refractivity contribution in [1.82, 2.24) is 0 Å². The highest BCUT2D eigenvalue weighted by Crippen LogP contribution is 2.24. The zero-order valence-electron chi connectivity index (χ0n) is 11.5. The van der Waals surface area contributed by atoms with Crippen LogP contribution in [0.3, 0.4) is 0 Å². The van der Waals surface area contributed by atoms with E-state index in [1.54, 1.807) is 0 Å². The summed E-state index contributed by atoms with van der Waals surface area (Å²) in [5, 5.41) is 2.22. The molecule has 4 nitrogen and oxygen atoms in total. The molecule has 0 radical (unpaired) electrons. The molecule has 0 unspecified atom stereocenters. The number of alkyl halides is 6. The van der Waals surface area contributed by atoms with Gasteiger partial charge in [-0.2, -0.15) is 26.3 Å². The summed E-state index contributed by atoms with van der Waals surface area (Å²) in [7, 11) is 0. The summed E-state index contributed by atoms with van der Waals surface area (Å²) in [5.41, 5.74) is -0.0103. The minimum atomic E-state index is -5.77. The number of carbonyl (C=O) groups excluding carboxylic acids is 3. The predicted octanol–water partition coefficient (Wildman–Crippen LogP) is 3.17. The Bertz CT molecular complexity index is 612. The van der Waals surface area contributed by atoms with Gasteiger partial charge in [-0.3, -0.25) is 14.4 Å². The minimum absolute atomic E-state index is 0.0103. The molecule has 24 heavy (non-hydrogen) atoms. The molecule has 12 heteroatoms. The van der Waals surface area contributed by atoms with Gasteiger partial charge in [0.1, 0.15) is 11.6 Å². The number of hydrogen-bond acceptors (Lipinski definition) is 3. The van der Waals surface area contributed by atoms with Crippen molar-refractivity contribution in [3.05, 3.63) is 29.8 Å². The molecule has 1 aromatic carbocycles. The number of halogens is 8. The van der Waals surface area contributed by atoms with Crippen LogP contribution in [0, 0.1) is 11.6 Å². The van der Waals surface area contributed by atoms with Crippen LogP contribution in [-0.4, -0.2) is 29.8 Å². The SMILES string of the molecule is CC(=O)Nc1ccc(F)cc1F.O=C(C(=O)C(F)(F)F)C(F)(F)F. The third-order valence-corrected chi connectivity index (χ3v) is 1.96. The fraction of sp³-hybridized carbons (Fsp3) is 0.250. The second kappa shape index (κ2) is 7.84. The molecule has 0 atom stereocenters. The van der Waals surface area contributed by atoms with Crippen LogP contribution in [-0.2, 0) is 14.4 Å². The number of anilines is 1. The van der Waals surface area contributed by atoms with E-state index >= 15 is 0 Å². The Balaban J connectivity index is 0.000000441. The molecule has 1 N–H and O–H groups in total. The lowest BCUT2D eigenvalue weighted by atomic mass is 10.2. The zero-order valence-corrected chi connectivity index (χ0v) is 11.5. The lowest BCUT2D eigenvalue weighted by Gasteiger charge is -2.05. The number of ketones is 2. The van der Waals surface area contributed by atoms with E-state index in [4.69, 9.17) is 0 Å². The Morgan fingerprint density at radius 2 is 1.29 bits per heavy atom. The van der Waals surface area contributed by atoms with Gasteiger partial charge in [0, 0.05) is 13.0 Å². The quantitative estimate of drug-likeness (QED) is 0.647. The van der Waals surface area contributed by atoms with Crippen LogP contribution in [0.5, 0.6) is 0 Å². The normalized spacial score (nSPS) is 11.2. The Kier molecular flexibility index (Phi) is 7.01. The molecular weight excluding hydrogens is 358 g/mol. The molecule has 0 aromatic heterocycles. The first-order valence-corrected chi connectivity index (χ1v) is 5.61. The molecule has 0 bridgehead atoms. The van der Waals surface area contributed by atoms with E-state index in [2.05, 4.69) is 5.32 Å². The maximum Gasteiger partial charge on any atom is 0.458 e. The molecule has 0 aliphatic rings. The summed E-state index contributed by atoms with van der Waals surface area (Å²) in [6, 6.07) is 2.96. The summed E-state index contributed by atoms with van der Waals surface area (Å²) in [6.07, 6.45) is -11.5. The lowest BCUT2D eigenvalue weighted by molar-refractivity contribution is -0.193. The molecule has 1 amide bonds. The highest BCUT2D eigenvalue weighted by atomic mass is 19.4. The second-order valence-corrected chi connectivity index (χ2v) is 3.96. The van der Waals surface area contributed by atoms with Gasteiger partial charge in [0.05, 0.1) is 5.69 Å². The van der Waals surface area contributed by atoms with Crippen LogP contribution < -0.4 is 5.32 Å².